The minimum atomic E-state index is -4.10. The molecule has 0 aliphatic rings. The molecular weight excluding hydrogens is 1060 g/mol. The van der Waals surface area contributed by atoms with Gasteiger partial charge in [0.15, 0.2) is 0 Å². The van der Waals surface area contributed by atoms with Gasteiger partial charge in [-0.2, -0.15) is 0 Å². The second kappa shape index (κ2) is 22.7. The van der Waals surface area contributed by atoms with Crippen LogP contribution in [0.15, 0.2) is 272 Å². The van der Waals surface area contributed by atoms with E-state index in [1.807, 2.05) is 0 Å². The molecule has 79 heavy (non-hydrogen) atoms. The highest BCUT2D eigenvalue weighted by atomic mass is 32.2. The van der Waals surface area contributed by atoms with E-state index >= 15 is 0 Å². The first-order valence-corrected chi connectivity index (χ1v) is 28.4. The molecule has 0 saturated heterocycles. The zero-order chi connectivity index (χ0) is 55.0. The lowest BCUT2D eigenvalue weighted by atomic mass is 10.2. The van der Waals surface area contributed by atoms with E-state index in [2.05, 4.69) is 11.8 Å². The molecule has 0 heterocycles. The van der Waals surface area contributed by atoms with Crippen molar-refractivity contribution >= 4 is 29.5 Å². The summed E-state index contributed by atoms with van der Waals surface area (Å²) >= 11 is 0. The van der Waals surface area contributed by atoms with Crippen LogP contribution in [0.1, 0.15) is 11.1 Å². The van der Waals surface area contributed by atoms with E-state index in [-0.39, 0.29) is 40.9 Å². The Bertz CT molecular complexity index is 4250. The molecule has 0 unspecified atom stereocenters. The average Bonchev–Trinajstić information content (AvgIpc) is 3.48. The standard InChI is InChI=1S/C64H42O12S3/c1-3-45-15-17-47(18-16-45)71-50-23-33-58(34-24-50)78(67,68)61-39-29-54(30-40-61)75-56-11-8-12-57(44-56)76-63-13-5-6-14-64(63)79(69,70)62-41-31-52(32-42-62)73-49-21-19-48(20-22-49)72-51-25-35-59(36-26-51)77(65,66)60-37-27-53(28-38-60)74-55-10-7-9-46(4-2)43-55/h1-2,5-44H. The van der Waals surface area contributed by atoms with E-state index in [4.69, 9.17) is 41.3 Å². The quantitative estimate of drug-likeness (QED) is 0.0750. The lowest BCUT2D eigenvalue weighted by Gasteiger charge is -2.14. The van der Waals surface area contributed by atoms with Crippen molar-refractivity contribution in [3.63, 3.8) is 0 Å². The highest BCUT2D eigenvalue weighted by molar-refractivity contribution is 7.92. The minimum Gasteiger partial charge on any atom is -0.457 e. The summed E-state index contributed by atoms with van der Waals surface area (Å²) in [6.45, 7) is 0. The molecule has 15 heteroatoms. The molecule has 0 aliphatic heterocycles. The predicted molar refractivity (Wildman–Crippen MR) is 297 cm³/mol. The fourth-order valence-corrected chi connectivity index (χ4v) is 11.7. The van der Waals surface area contributed by atoms with Crippen molar-refractivity contribution in [1.82, 2.24) is 0 Å². The SMILES string of the molecule is C#Cc1ccc(Oc2ccc(S(=O)(=O)c3ccc(Oc4cccc(Oc5ccccc5S(=O)(=O)c5ccc(Oc6ccc(Oc7ccc(S(=O)(=O)c8ccc(Oc9cccc(C#C)c9)cc8)cc7)cc6)cc5)c4)cc3)cc2)cc1. The van der Waals surface area contributed by atoms with Crippen molar-refractivity contribution in [3.05, 3.63) is 254 Å². The first-order valence-electron chi connectivity index (χ1n) is 24.0. The van der Waals surface area contributed by atoms with Gasteiger partial charge in [0.1, 0.15) is 73.9 Å². The van der Waals surface area contributed by atoms with Gasteiger partial charge in [-0.3, -0.25) is 0 Å². The molecule has 0 bridgehead atoms. The Morgan fingerprint density at radius 2 is 0.544 bits per heavy atom. The average molecular weight is 1100 g/mol. The van der Waals surface area contributed by atoms with E-state index in [0.29, 0.717) is 68.6 Å². The highest BCUT2D eigenvalue weighted by Gasteiger charge is 2.24. The van der Waals surface area contributed by atoms with Crippen LogP contribution in [0.2, 0.25) is 0 Å². The van der Waals surface area contributed by atoms with Crippen molar-refractivity contribution in [2.24, 2.45) is 0 Å². The van der Waals surface area contributed by atoms with Crippen molar-refractivity contribution in [2.75, 3.05) is 0 Å². The number of terminal acetylenes is 2. The summed E-state index contributed by atoms with van der Waals surface area (Å²) in [7, 11) is -11.8. The highest BCUT2D eigenvalue weighted by Crippen LogP contribution is 2.37. The van der Waals surface area contributed by atoms with Crippen LogP contribution in [-0.2, 0) is 29.5 Å². The van der Waals surface area contributed by atoms with Gasteiger partial charge in [-0.05, 0) is 212 Å². The predicted octanol–water partition coefficient (Wildman–Crippen LogP) is 14.9. The number of ether oxygens (including phenoxy) is 6. The summed E-state index contributed by atoms with van der Waals surface area (Å²) in [5, 5.41) is 0. The molecule has 0 aliphatic carbocycles. The second-order valence-corrected chi connectivity index (χ2v) is 23.0. The Morgan fingerprint density at radius 3 is 0.924 bits per heavy atom. The summed E-state index contributed by atoms with van der Waals surface area (Å²) in [6, 6.07) is 63.7. The smallest absolute Gasteiger partial charge is 0.210 e. The largest absolute Gasteiger partial charge is 0.457 e. The normalized spacial score (nSPS) is 11.3. The van der Waals surface area contributed by atoms with Gasteiger partial charge >= 0.3 is 0 Å². The van der Waals surface area contributed by atoms with Crippen LogP contribution in [-0.4, -0.2) is 25.3 Å². The number of benzene rings is 10. The fourth-order valence-electron chi connectivity index (χ4n) is 7.84. The molecule has 0 spiro atoms. The number of hydrogen-bond acceptors (Lipinski definition) is 12. The van der Waals surface area contributed by atoms with Crippen LogP contribution in [0, 0.1) is 24.7 Å². The van der Waals surface area contributed by atoms with Gasteiger partial charge in [0.25, 0.3) is 0 Å². The van der Waals surface area contributed by atoms with Crippen molar-refractivity contribution < 1.29 is 53.7 Å². The number of sulfone groups is 3. The van der Waals surface area contributed by atoms with Gasteiger partial charge in [0.05, 0.1) is 24.5 Å². The van der Waals surface area contributed by atoms with Gasteiger partial charge in [-0.15, -0.1) is 12.8 Å². The molecule has 0 atom stereocenters. The Kier molecular flexibility index (Phi) is 15.0. The maximum absolute atomic E-state index is 14.1. The summed E-state index contributed by atoms with van der Waals surface area (Å²) in [5.74, 6) is 9.86. The molecule has 0 N–H and O–H groups in total. The van der Waals surface area contributed by atoms with Crippen LogP contribution in [0.5, 0.6) is 69.0 Å². The molecule has 0 fully saturated rings. The summed E-state index contributed by atoms with van der Waals surface area (Å²) in [4.78, 5) is 0.252. The molecule has 0 saturated carbocycles. The van der Waals surface area contributed by atoms with Gasteiger partial charge in [0.2, 0.25) is 29.5 Å². The van der Waals surface area contributed by atoms with Crippen LogP contribution in [0.25, 0.3) is 0 Å². The van der Waals surface area contributed by atoms with E-state index in [1.165, 1.54) is 78.9 Å². The van der Waals surface area contributed by atoms with Crippen LogP contribution < -0.4 is 28.4 Å². The van der Waals surface area contributed by atoms with Crippen LogP contribution in [0.3, 0.4) is 0 Å². The zero-order valence-corrected chi connectivity index (χ0v) is 43.8. The maximum atomic E-state index is 14.1. The topological polar surface area (TPSA) is 158 Å². The summed E-state index contributed by atoms with van der Waals surface area (Å²) < 4.78 is 118. The van der Waals surface area contributed by atoms with Gasteiger partial charge in [0, 0.05) is 17.2 Å². The van der Waals surface area contributed by atoms with Crippen LogP contribution >= 0.6 is 0 Å². The Balaban J connectivity index is 0.728. The van der Waals surface area contributed by atoms with Gasteiger partial charge in [-0.25, -0.2) is 25.3 Å². The Labute approximate surface area is 457 Å². The molecular formula is C64H42O12S3. The van der Waals surface area contributed by atoms with E-state index < -0.39 is 29.5 Å². The van der Waals surface area contributed by atoms with Crippen LogP contribution in [0.4, 0.5) is 0 Å². The van der Waals surface area contributed by atoms with Crippen molar-refractivity contribution in [1.29, 1.82) is 0 Å². The third-order valence-corrected chi connectivity index (χ3v) is 17.2. The number of hydrogen-bond donors (Lipinski definition) is 0. The summed E-state index contributed by atoms with van der Waals surface area (Å²) in [5.41, 5.74) is 1.37. The van der Waals surface area contributed by atoms with Gasteiger partial charge in [-0.1, -0.05) is 36.1 Å². The number of rotatable bonds is 18. The lowest BCUT2D eigenvalue weighted by molar-refractivity contribution is 0.452. The van der Waals surface area contributed by atoms with Crippen molar-refractivity contribution in [3.8, 4) is 93.7 Å². The van der Waals surface area contributed by atoms with Crippen molar-refractivity contribution in [2.45, 2.75) is 29.4 Å². The molecule has 0 amide bonds. The second-order valence-electron chi connectivity index (χ2n) is 17.2. The van der Waals surface area contributed by atoms with E-state index in [9.17, 15) is 25.3 Å². The number of para-hydroxylation sites is 1. The monoisotopic (exact) mass is 1100 g/mol. The minimum absolute atomic E-state index is 0.00150. The molecule has 10 aromatic rings. The van der Waals surface area contributed by atoms with Gasteiger partial charge < -0.3 is 28.4 Å². The Morgan fingerprint density at radius 1 is 0.253 bits per heavy atom. The third kappa shape index (κ3) is 12.3. The molecule has 0 aromatic heterocycles. The molecule has 10 aromatic carbocycles. The fraction of sp³-hybridized carbons (Fsp3) is 0. The molecule has 0 radical (unpaired) electrons. The first kappa shape index (κ1) is 52.4. The maximum Gasteiger partial charge on any atom is 0.210 e. The molecule has 10 rings (SSSR count). The Hall–Kier alpha value is -10.0. The first-order chi connectivity index (χ1) is 38.2. The lowest BCUT2D eigenvalue weighted by Crippen LogP contribution is -2.04. The summed E-state index contributed by atoms with van der Waals surface area (Å²) in [6.07, 6.45) is 10.9. The van der Waals surface area contributed by atoms with E-state index in [0.717, 1.165) is 0 Å². The molecule has 388 valence electrons. The molecule has 12 nitrogen and oxygen atoms in total. The zero-order valence-electron chi connectivity index (χ0n) is 41.4. The van der Waals surface area contributed by atoms with E-state index in [1.54, 1.807) is 164 Å². The third-order valence-electron chi connectivity index (χ3n) is 11.9.